The van der Waals surface area contributed by atoms with E-state index in [1.165, 1.54) is 25.3 Å². The highest BCUT2D eigenvalue weighted by molar-refractivity contribution is 6.37. The van der Waals surface area contributed by atoms with Crippen LogP contribution in [0, 0.1) is 0 Å². The van der Waals surface area contributed by atoms with Gasteiger partial charge >= 0.3 is 5.97 Å². The van der Waals surface area contributed by atoms with Crippen LogP contribution in [0.3, 0.4) is 0 Å². The van der Waals surface area contributed by atoms with Gasteiger partial charge in [-0.05, 0) is 54.4 Å². The van der Waals surface area contributed by atoms with E-state index < -0.39 is 85.0 Å². The molecular formula is C32H34N4O4. The van der Waals surface area contributed by atoms with Crippen LogP contribution < -0.4 is 10.2 Å². The van der Waals surface area contributed by atoms with Crippen molar-refractivity contribution in [2.75, 3.05) is 63.9 Å². The molecule has 1 saturated heterocycles. The number of hydrogen-bond acceptors (Lipinski definition) is 6. The summed E-state index contributed by atoms with van der Waals surface area (Å²) in [7, 11) is 2.81. The first-order valence-corrected chi connectivity index (χ1v) is 12.0. The van der Waals surface area contributed by atoms with Crippen molar-refractivity contribution in [1.29, 1.82) is 0 Å². The number of nitrogens with one attached hydrogen (secondary N) is 1. The van der Waals surface area contributed by atoms with Crippen LogP contribution in [0.2, 0.25) is 0 Å². The maximum Gasteiger partial charge on any atom is 0.337 e. The lowest BCUT2D eigenvalue weighted by Crippen LogP contribution is -2.48. The van der Waals surface area contributed by atoms with Crippen LogP contribution in [0.25, 0.3) is 11.1 Å². The van der Waals surface area contributed by atoms with Crippen molar-refractivity contribution >= 4 is 40.3 Å². The molecule has 0 spiro atoms. The lowest BCUT2D eigenvalue weighted by Gasteiger charge is -2.32. The number of esters is 1. The van der Waals surface area contributed by atoms with Crippen LogP contribution in [0.15, 0.2) is 72.7 Å². The van der Waals surface area contributed by atoms with E-state index >= 15 is 0 Å². The number of ether oxygens (including phenoxy) is 1. The van der Waals surface area contributed by atoms with E-state index in [1.54, 1.807) is 30.3 Å². The summed E-state index contributed by atoms with van der Waals surface area (Å²) < 4.78 is 124. The highest BCUT2D eigenvalue weighted by Gasteiger charge is 2.29. The zero-order valence-corrected chi connectivity index (χ0v) is 21.8. The van der Waals surface area contributed by atoms with Gasteiger partial charge in [0.05, 0.1) is 33.0 Å². The van der Waals surface area contributed by atoms with Gasteiger partial charge in [0.25, 0.3) is 5.91 Å². The van der Waals surface area contributed by atoms with E-state index in [1.807, 2.05) is 0 Å². The maximum atomic E-state index is 13.9. The van der Waals surface area contributed by atoms with Gasteiger partial charge in [0.1, 0.15) is 0 Å². The summed E-state index contributed by atoms with van der Waals surface area (Å²) in [5, 5.41) is 2.70. The van der Waals surface area contributed by atoms with Crippen molar-refractivity contribution in [2.24, 2.45) is 0 Å². The second-order valence-corrected chi connectivity index (χ2v) is 8.75. The zero-order chi connectivity index (χ0) is 40.7. The van der Waals surface area contributed by atoms with Crippen molar-refractivity contribution in [3.8, 4) is 0 Å². The van der Waals surface area contributed by atoms with Crippen molar-refractivity contribution in [2.45, 2.75) is 6.42 Å². The SMILES string of the molecule is [2H]c1c([2H])c(N(C)C(=O)C([2H])([2H])N2C([2H])([2H])C([2H])([2H])N(C)C([2H])([2H])C2([2H])[2H])c([2H])c([2H])c1C/C(=C1\C(=O)Nc2cc(C(=O)OC)ccc21)c1ccccc1. The third-order valence-electron chi connectivity index (χ3n) is 6.13. The summed E-state index contributed by atoms with van der Waals surface area (Å²) in [6, 6.07) is 9.69. The molecular weight excluding hydrogens is 504 g/mol. The topological polar surface area (TPSA) is 82.2 Å². The Morgan fingerprint density at radius 2 is 1.75 bits per heavy atom. The molecule has 5 rings (SSSR count). The van der Waals surface area contributed by atoms with E-state index in [0.717, 1.165) is 14.1 Å². The summed E-state index contributed by atoms with van der Waals surface area (Å²) in [5.74, 6) is -3.07. The number of nitrogens with zero attached hydrogens (tertiary/aromatic N) is 3. The molecule has 2 heterocycles. The van der Waals surface area contributed by atoms with Crippen LogP contribution in [-0.2, 0) is 20.7 Å². The summed E-state index contributed by atoms with van der Waals surface area (Å²) >= 11 is 0. The smallest absolute Gasteiger partial charge is 0.337 e. The van der Waals surface area contributed by atoms with Gasteiger partial charge in [0.15, 0.2) is 0 Å². The predicted molar refractivity (Wildman–Crippen MR) is 157 cm³/mol. The van der Waals surface area contributed by atoms with Gasteiger partial charge in [0.2, 0.25) is 5.91 Å². The number of rotatable bonds is 7. The number of methoxy groups -OCH3 is 1. The molecule has 8 nitrogen and oxygen atoms in total. The molecule has 1 fully saturated rings. The number of carbonyl (C=O) groups excluding carboxylic acids is 3. The first-order chi connectivity index (χ1) is 24.8. The lowest BCUT2D eigenvalue weighted by molar-refractivity contribution is -0.119. The number of allylic oxidation sites excluding steroid dienone is 1. The fourth-order valence-corrected chi connectivity index (χ4v) is 4.09. The first kappa shape index (κ1) is 14.9. The zero-order valence-electron chi connectivity index (χ0n) is 35.8. The van der Waals surface area contributed by atoms with Crippen LogP contribution in [0.1, 0.15) is 46.2 Å². The normalized spacial score (nSPS) is 27.2. The molecule has 40 heavy (non-hydrogen) atoms. The average Bonchev–Trinajstić information content (AvgIpc) is 3.43. The third-order valence-corrected chi connectivity index (χ3v) is 6.13. The van der Waals surface area contributed by atoms with E-state index in [2.05, 4.69) is 5.32 Å². The number of likely N-dealkylation sites (N-methyl/N-ethyl adjacent to an activating group) is 2. The Bertz CT molecular complexity index is 2050. The molecule has 3 aromatic carbocycles. The van der Waals surface area contributed by atoms with Crippen molar-refractivity contribution in [3.05, 3.63) is 95.0 Å². The Balaban J connectivity index is 1.62. The molecule has 3 aromatic rings. The minimum Gasteiger partial charge on any atom is -0.465 e. The molecule has 0 bridgehead atoms. The molecule has 0 aromatic heterocycles. The Kier molecular flexibility index (Phi) is 4.42. The van der Waals surface area contributed by atoms with Crippen molar-refractivity contribution in [1.82, 2.24) is 9.80 Å². The fraction of sp³-hybridized carbons (Fsp3) is 0.281. The number of fused-ring (bicyclic) bond motifs is 1. The monoisotopic (exact) mass is 552 g/mol. The quantitative estimate of drug-likeness (QED) is 0.355. The van der Waals surface area contributed by atoms with E-state index in [4.69, 9.17) is 23.9 Å². The van der Waals surface area contributed by atoms with E-state index in [9.17, 15) is 14.4 Å². The van der Waals surface area contributed by atoms with Gasteiger partial charge in [0, 0.05) is 60.9 Å². The van der Waals surface area contributed by atoms with Gasteiger partial charge in [-0.15, -0.1) is 0 Å². The van der Waals surface area contributed by atoms with Crippen molar-refractivity contribution < 1.29 is 38.3 Å². The van der Waals surface area contributed by atoms with Crippen LogP contribution in [0.4, 0.5) is 11.4 Å². The Labute approximate surface area is 254 Å². The molecule has 0 aliphatic carbocycles. The summed E-state index contributed by atoms with van der Waals surface area (Å²) in [5.41, 5.74) is 0.662. The minimum atomic E-state index is -3.88. The van der Waals surface area contributed by atoms with Crippen LogP contribution >= 0.6 is 0 Å². The van der Waals surface area contributed by atoms with Crippen molar-refractivity contribution in [3.63, 3.8) is 0 Å². The van der Waals surface area contributed by atoms with E-state index in [0.29, 0.717) is 16.0 Å². The Morgan fingerprint density at radius 3 is 2.42 bits per heavy atom. The summed E-state index contributed by atoms with van der Waals surface area (Å²) in [6.45, 7) is -18.1. The lowest BCUT2D eigenvalue weighted by atomic mass is 9.90. The van der Waals surface area contributed by atoms with Gasteiger partial charge in [-0.1, -0.05) is 48.5 Å². The van der Waals surface area contributed by atoms with Gasteiger partial charge in [-0.2, -0.15) is 0 Å². The number of benzene rings is 3. The van der Waals surface area contributed by atoms with Gasteiger partial charge in [-0.25, -0.2) is 4.79 Å². The molecule has 2 amide bonds. The Morgan fingerprint density at radius 1 is 1.05 bits per heavy atom. The number of carbonyl (C=O) groups is 3. The van der Waals surface area contributed by atoms with Crippen LogP contribution in [0.5, 0.6) is 0 Å². The Hall–Kier alpha value is -4.27. The highest BCUT2D eigenvalue weighted by atomic mass is 16.5. The number of piperazine rings is 1. The fourth-order valence-electron chi connectivity index (χ4n) is 4.09. The van der Waals surface area contributed by atoms with E-state index in [-0.39, 0.29) is 39.3 Å². The number of amides is 2. The predicted octanol–water partition coefficient (Wildman–Crippen LogP) is 3.79. The van der Waals surface area contributed by atoms with Gasteiger partial charge < -0.3 is 19.9 Å². The average molecular weight is 553 g/mol. The standard InChI is InChI=1S/C32H34N4O4/c1-34-15-17-36(18-16-34)21-29(37)35(2)25-12-9-22(10-13-25)19-27(23-7-5-4-6-8-23)30-26-14-11-24(32(39)40-3)20-28(26)33-31(30)38/h4-14,20H,15-19,21H2,1-3H3,(H,33,38)/b30-27+/i9D,10D,12D,13D,15D2,16D2,17D2,18D2,21D2. The molecule has 0 radical (unpaired) electrons. The second kappa shape index (κ2) is 11.9. The van der Waals surface area contributed by atoms with Gasteiger partial charge in [-0.3, -0.25) is 14.5 Å². The largest absolute Gasteiger partial charge is 0.465 e. The summed E-state index contributed by atoms with van der Waals surface area (Å²) in [4.78, 5) is 39.5. The molecule has 1 N–H and O–H groups in total. The molecule has 2 aliphatic heterocycles. The molecule has 2 aliphatic rings. The second-order valence-electron chi connectivity index (χ2n) is 8.75. The first-order valence-electron chi connectivity index (χ1n) is 19.0. The van der Waals surface area contributed by atoms with Crippen LogP contribution in [-0.4, -0.2) is 81.3 Å². The number of hydrogen-bond donors (Lipinski definition) is 1. The molecule has 206 valence electrons. The molecule has 0 atom stereocenters. The number of anilines is 2. The molecule has 0 unspecified atom stereocenters. The summed E-state index contributed by atoms with van der Waals surface area (Å²) in [6.07, 6.45) is -0.370. The third kappa shape index (κ3) is 5.83. The maximum absolute atomic E-state index is 13.9. The molecule has 8 heteroatoms. The molecule has 0 saturated carbocycles. The highest BCUT2D eigenvalue weighted by Crippen LogP contribution is 2.39. The minimum absolute atomic E-state index is 0.115.